The molecule has 2 heterocycles. The summed E-state index contributed by atoms with van der Waals surface area (Å²) in [5, 5.41) is 7.04. The van der Waals surface area contributed by atoms with E-state index in [0.717, 1.165) is 0 Å². The summed E-state index contributed by atoms with van der Waals surface area (Å²) < 4.78 is 11.6. The fourth-order valence-electron chi connectivity index (χ4n) is 2.36. The van der Waals surface area contributed by atoms with E-state index in [2.05, 4.69) is 10.4 Å². The summed E-state index contributed by atoms with van der Waals surface area (Å²) >= 11 is 0. The molecule has 0 aliphatic rings. The number of rotatable bonds is 5. The maximum Gasteiger partial charge on any atom is 0.349 e. The van der Waals surface area contributed by atoms with E-state index >= 15 is 0 Å². The molecule has 2 aromatic heterocycles. The van der Waals surface area contributed by atoms with E-state index in [4.69, 9.17) is 9.15 Å². The Hall–Kier alpha value is -3.42. The fraction of sp³-hybridized carbons (Fsp3) is 0.176. The molecule has 8 nitrogen and oxygen atoms in total. The molecule has 0 radical (unpaired) electrons. The number of methoxy groups -OCH3 is 1. The van der Waals surface area contributed by atoms with E-state index in [0.29, 0.717) is 11.1 Å². The Morgan fingerprint density at radius 2 is 2.12 bits per heavy atom. The van der Waals surface area contributed by atoms with Gasteiger partial charge in [-0.25, -0.2) is 9.48 Å². The number of nitrogens with one attached hydrogen (secondary N) is 1. The Balaban J connectivity index is 1.78. The highest BCUT2D eigenvalue weighted by Gasteiger charge is 2.15. The zero-order valence-corrected chi connectivity index (χ0v) is 13.4. The average molecular weight is 341 g/mol. The molecule has 0 saturated heterocycles. The highest BCUT2D eigenvalue weighted by atomic mass is 16.5. The average Bonchev–Trinajstić information content (AvgIpc) is 2.62. The Morgan fingerprint density at radius 1 is 1.28 bits per heavy atom. The predicted molar refractivity (Wildman–Crippen MR) is 89.9 cm³/mol. The Bertz CT molecular complexity index is 1040. The smallest absolute Gasteiger partial charge is 0.349 e. The molecule has 0 atom stereocenters. The summed E-state index contributed by atoms with van der Waals surface area (Å²) in [6, 6.07) is 9.47. The first kappa shape index (κ1) is 16.4. The van der Waals surface area contributed by atoms with E-state index in [1.165, 1.54) is 36.2 Å². The van der Waals surface area contributed by atoms with Crippen LogP contribution in [-0.2, 0) is 6.54 Å². The van der Waals surface area contributed by atoms with Gasteiger partial charge in [0.05, 0.1) is 13.7 Å². The molecule has 0 bridgehead atoms. The molecule has 8 heteroatoms. The van der Waals surface area contributed by atoms with Crippen molar-refractivity contribution in [2.45, 2.75) is 6.54 Å². The first-order valence-corrected chi connectivity index (χ1v) is 7.51. The van der Waals surface area contributed by atoms with Gasteiger partial charge in [-0.3, -0.25) is 9.59 Å². The number of para-hydroxylation sites is 1. The molecule has 3 aromatic rings. The van der Waals surface area contributed by atoms with E-state index in [9.17, 15) is 14.4 Å². The van der Waals surface area contributed by atoms with Crippen molar-refractivity contribution < 1.29 is 13.9 Å². The van der Waals surface area contributed by atoms with Crippen LogP contribution >= 0.6 is 0 Å². The monoisotopic (exact) mass is 341 g/mol. The maximum atomic E-state index is 12.2. The first-order chi connectivity index (χ1) is 12.1. The van der Waals surface area contributed by atoms with Gasteiger partial charge < -0.3 is 14.5 Å². The van der Waals surface area contributed by atoms with Gasteiger partial charge in [-0.1, -0.05) is 12.1 Å². The molecule has 0 fully saturated rings. The quantitative estimate of drug-likeness (QED) is 0.688. The van der Waals surface area contributed by atoms with Crippen molar-refractivity contribution in [1.29, 1.82) is 0 Å². The molecule has 1 amide bonds. The molecule has 1 aromatic carbocycles. The van der Waals surface area contributed by atoms with Gasteiger partial charge in [-0.2, -0.15) is 5.10 Å². The highest BCUT2D eigenvalue weighted by Crippen LogP contribution is 2.24. The lowest BCUT2D eigenvalue weighted by Crippen LogP contribution is -2.33. The van der Waals surface area contributed by atoms with Gasteiger partial charge in [0.25, 0.3) is 11.5 Å². The summed E-state index contributed by atoms with van der Waals surface area (Å²) in [5.41, 5.74) is -0.862. The van der Waals surface area contributed by atoms with Gasteiger partial charge >= 0.3 is 5.63 Å². The fourth-order valence-corrected chi connectivity index (χ4v) is 2.36. The number of hydrogen-bond acceptors (Lipinski definition) is 6. The molecule has 3 rings (SSSR count). The molecular formula is C17H15N3O5. The van der Waals surface area contributed by atoms with Crippen molar-refractivity contribution in [3.05, 3.63) is 68.9 Å². The lowest BCUT2D eigenvalue weighted by Gasteiger charge is -2.07. The van der Waals surface area contributed by atoms with Gasteiger partial charge in [-0.15, -0.1) is 0 Å². The van der Waals surface area contributed by atoms with Gasteiger partial charge in [0.1, 0.15) is 5.56 Å². The standard InChI is InChI=1S/C17H15N3O5/c1-24-13-5-2-4-11-10-12(17(23)25-15(11)13)16(22)18-8-9-20-14(21)6-3-7-19-20/h2-7,10H,8-9H2,1H3,(H,18,22). The Kier molecular flexibility index (Phi) is 4.60. The summed E-state index contributed by atoms with van der Waals surface area (Å²) in [6.45, 7) is 0.337. The number of carbonyl (C=O) groups is 1. The van der Waals surface area contributed by atoms with Crippen LogP contribution < -0.4 is 21.2 Å². The molecule has 0 aliphatic carbocycles. The SMILES string of the molecule is COc1cccc2cc(C(=O)NCCn3ncccc3=O)c(=O)oc12. The second kappa shape index (κ2) is 7.00. The number of carbonyl (C=O) groups excluding carboxylic acids is 1. The summed E-state index contributed by atoms with van der Waals surface area (Å²) in [6.07, 6.45) is 1.48. The second-order valence-corrected chi connectivity index (χ2v) is 5.17. The van der Waals surface area contributed by atoms with Gasteiger partial charge in [0.2, 0.25) is 0 Å². The summed E-state index contributed by atoms with van der Waals surface area (Å²) in [4.78, 5) is 35.8. The van der Waals surface area contributed by atoms with Crippen LogP contribution in [0.1, 0.15) is 10.4 Å². The van der Waals surface area contributed by atoms with Crippen LogP contribution in [0.3, 0.4) is 0 Å². The zero-order chi connectivity index (χ0) is 17.8. The predicted octanol–water partition coefficient (Wildman–Crippen LogP) is 0.788. The molecule has 1 N–H and O–H groups in total. The van der Waals surface area contributed by atoms with E-state index in [1.54, 1.807) is 18.2 Å². The van der Waals surface area contributed by atoms with E-state index in [1.807, 2.05) is 0 Å². The van der Waals surface area contributed by atoms with E-state index in [-0.39, 0.29) is 29.8 Å². The lowest BCUT2D eigenvalue weighted by molar-refractivity contribution is 0.0948. The normalized spacial score (nSPS) is 10.6. The number of fused-ring (bicyclic) bond motifs is 1. The van der Waals surface area contributed by atoms with Crippen molar-refractivity contribution >= 4 is 16.9 Å². The van der Waals surface area contributed by atoms with Crippen molar-refractivity contribution in [2.75, 3.05) is 13.7 Å². The van der Waals surface area contributed by atoms with Crippen LogP contribution in [0, 0.1) is 0 Å². The van der Waals surface area contributed by atoms with Crippen molar-refractivity contribution in [2.24, 2.45) is 0 Å². The third-order valence-electron chi connectivity index (χ3n) is 3.58. The largest absolute Gasteiger partial charge is 0.493 e. The van der Waals surface area contributed by atoms with Crippen LogP contribution in [0.5, 0.6) is 5.75 Å². The number of hydrogen-bond donors (Lipinski definition) is 1. The van der Waals surface area contributed by atoms with Gasteiger partial charge in [0.15, 0.2) is 11.3 Å². The first-order valence-electron chi connectivity index (χ1n) is 7.51. The Labute approximate surface area is 141 Å². The minimum Gasteiger partial charge on any atom is -0.493 e. The Morgan fingerprint density at radius 3 is 2.88 bits per heavy atom. The highest BCUT2D eigenvalue weighted by molar-refractivity contribution is 5.97. The number of ether oxygens (including phenoxy) is 1. The van der Waals surface area contributed by atoms with Gasteiger partial charge in [0, 0.05) is 24.2 Å². The van der Waals surface area contributed by atoms with Crippen LogP contribution in [0.4, 0.5) is 0 Å². The van der Waals surface area contributed by atoms with Gasteiger partial charge in [-0.05, 0) is 18.2 Å². The molecule has 128 valence electrons. The van der Waals surface area contributed by atoms with Crippen LogP contribution in [0.25, 0.3) is 11.0 Å². The van der Waals surface area contributed by atoms with Crippen molar-refractivity contribution in [3.63, 3.8) is 0 Å². The van der Waals surface area contributed by atoms with Crippen molar-refractivity contribution in [3.8, 4) is 5.75 Å². The van der Waals surface area contributed by atoms with E-state index < -0.39 is 11.5 Å². The molecule has 0 aliphatic heterocycles. The minimum absolute atomic E-state index is 0.117. The molecule has 0 unspecified atom stereocenters. The maximum absolute atomic E-state index is 12.2. The third-order valence-corrected chi connectivity index (χ3v) is 3.58. The number of nitrogens with zero attached hydrogens (tertiary/aromatic N) is 2. The zero-order valence-electron chi connectivity index (χ0n) is 13.4. The second-order valence-electron chi connectivity index (χ2n) is 5.17. The molecule has 0 spiro atoms. The third kappa shape index (κ3) is 3.42. The van der Waals surface area contributed by atoms with Crippen LogP contribution in [0.15, 0.2) is 56.6 Å². The molecule has 0 saturated carbocycles. The summed E-state index contributed by atoms with van der Waals surface area (Å²) in [5.74, 6) is -0.168. The number of aromatic nitrogens is 2. The lowest BCUT2D eigenvalue weighted by atomic mass is 10.1. The van der Waals surface area contributed by atoms with Crippen LogP contribution in [0.2, 0.25) is 0 Å². The molecular weight excluding hydrogens is 326 g/mol. The number of benzene rings is 1. The van der Waals surface area contributed by atoms with Crippen LogP contribution in [-0.4, -0.2) is 29.3 Å². The number of amides is 1. The topological polar surface area (TPSA) is 103 Å². The minimum atomic E-state index is -0.760. The van der Waals surface area contributed by atoms with Crippen molar-refractivity contribution in [1.82, 2.24) is 15.1 Å². The summed E-state index contributed by atoms with van der Waals surface area (Å²) in [7, 11) is 1.47. The molecule has 25 heavy (non-hydrogen) atoms.